The molecule has 118 valence electrons. The zero-order chi connectivity index (χ0) is 15.4. The monoisotopic (exact) mass is 294 g/mol. The lowest BCUT2D eigenvalue weighted by molar-refractivity contribution is 0.337. The van der Waals surface area contributed by atoms with Gasteiger partial charge in [0, 0.05) is 37.3 Å². The molecular weight excluding hydrogens is 267 g/mol. The molecule has 1 N–H and O–H groups in total. The third-order valence-corrected chi connectivity index (χ3v) is 3.93. The average molecular weight is 294 g/mol. The summed E-state index contributed by atoms with van der Waals surface area (Å²) in [6.45, 7) is 10.1. The van der Waals surface area contributed by atoms with Crippen LogP contribution >= 0.6 is 0 Å². The standard InChI is InChI=1S/C16H27FN4/c1-12(2)18-9-14-8-15(17)10-19-16(14)21-7-5-6-20(4)11-13(21)3/h8,10,12-13,18H,5-7,9,11H2,1-4H3. The predicted octanol–water partition coefficient (Wildman–Crippen LogP) is 2.25. The molecule has 1 fully saturated rings. The van der Waals surface area contributed by atoms with Gasteiger partial charge in [-0.25, -0.2) is 9.37 Å². The number of nitrogens with one attached hydrogen (secondary N) is 1. The Morgan fingerprint density at radius 1 is 1.43 bits per heavy atom. The molecule has 0 amide bonds. The van der Waals surface area contributed by atoms with E-state index in [9.17, 15) is 4.39 Å². The molecule has 1 atom stereocenters. The zero-order valence-electron chi connectivity index (χ0n) is 13.6. The number of halogens is 1. The molecule has 4 nitrogen and oxygen atoms in total. The first-order chi connectivity index (χ1) is 9.97. The minimum absolute atomic E-state index is 0.265. The Kier molecular flexibility index (Phi) is 5.53. The molecule has 2 heterocycles. The van der Waals surface area contributed by atoms with Crippen LogP contribution in [-0.2, 0) is 6.54 Å². The molecule has 5 heteroatoms. The van der Waals surface area contributed by atoms with Gasteiger partial charge in [-0.05, 0) is 33.0 Å². The highest BCUT2D eigenvalue weighted by Gasteiger charge is 2.23. The summed E-state index contributed by atoms with van der Waals surface area (Å²) in [6.07, 6.45) is 2.44. The Hall–Kier alpha value is -1.20. The molecule has 1 aromatic rings. The fourth-order valence-electron chi connectivity index (χ4n) is 2.86. The van der Waals surface area contributed by atoms with E-state index >= 15 is 0 Å². The summed E-state index contributed by atoms with van der Waals surface area (Å²) in [7, 11) is 2.15. The predicted molar refractivity (Wildman–Crippen MR) is 85.1 cm³/mol. The minimum atomic E-state index is -0.265. The molecule has 0 spiro atoms. The minimum Gasteiger partial charge on any atom is -0.352 e. The molecule has 1 aromatic heterocycles. The van der Waals surface area contributed by atoms with Crippen LogP contribution in [0.15, 0.2) is 12.3 Å². The number of anilines is 1. The van der Waals surface area contributed by atoms with Gasteiger partial charge in [-0.15, -0.1) is 0 Å². The number of aromatic nitrogens is 1. The number of hydrogen-bond donors (Lipinski definition) is 1. The molecule has 0 aliphatic carbocycles. The van der Waals surface area contributed by atoms with Crippen LogP contribution in [0, 0.1) is 5.82 Å². The SMILES string of the molecule is CC(C)NCc1cc(F)cnc1N1CCCN(C)CC1C. The molecule has 0 bridgehead atoms. The van der Waals surface area contributed by atoms with Crippen molar-refractivity contribution in [1.29, 1.82) is 0 Å². The van der Waals surface area contributed by atoms with Gasteiger partial charge in [0.15, 0.2) is 0 Å². The quantitative estimate of drug-likeness (QED) is 0.923. The van der Waals surface area contributed by atoms with Gasteiger partial charge >= 0.3 is 0 Å². The second-order valence-corrected chi connectivity index (χ2v) is 6.33. The summed E-state index contributed by atoms with van der Waals surface area (Å²) >= 11 is 0. The van der Waals surface area contributed by atoms with E-state index in [1.165, 1.54) is 6.20 Å². The first-order valence-electron chi connectivity index (χ1n) is 7.80. The smallest absolute Gasteiger partial charge is 0.141 e. The van der Waals surface area contributed by atoms with Crippen molar-refractivity contribution < 1.29 is 4.39 Å². The molecule has 1 saturated heterocycles. The summed E-state index contributed by atoms with van der Waals surface area (Å²) in [6, 6.07) is 2.36. The van der Waals surface area contributed by atoms with Gasteiger partial charge < -0.3 is 15.1 Å². The van der Waals surface area contributed by atoms with Crippen molar-refractivity contribution >= 4 is 5.82 Å². The number of hydrogen-bond acceptors (Lipinski definition) is 4. The Morgan fingerprint density at radius 2 is 2.19 bits per heavy atom. The van der Waals surface area contributed by atoms with E-state index in [1.54, 1.807) is 6.07 Å². The Morgan fingerprint density at radius 3 is 2.90 bits per heavy atom. The molecule has 1 aliphatic heterocycles. The van der Waals surface area contributed by atoms with E-state index in [1.807, 2.05) is 0 Å². The highest BCUT2D eigenvalue weighted by molar-refractivity contribution is 5.48. The van der Waals surface area contributed by atoms with Crippen molar-refractivity contribution in [2.24, 2.45) is 0 Å². The van der Waals surface area contributed by atoms with Crippen molar-refractivity contribution in [1.82, 2.24) is 15.2 Å². The zero-order valence-corrected chi connectivity index (χ0v) is 13.6. The van der Waals surface area contributed by atoms with E-state index in [0.29, 0.717) is 18.6 Å². The fraction of sp³-hybridized carbons (Fsp3) is 0.688. The highest BCUT2D eigenvalue weighted by Crippen LogP contribution is 2.23. The summed E-state index contributed by atoms with van der Waals surface area (Å²) in [4.78, 5) is 9.06. The second-order valence-electron chi connectivity index (χ2n) is 6.33. The largest absolute Gasteiger partial charge is 0.352 e. The van der Waals surface area contributed by atoms with Gasteiger partial charge in [-0.3, -0.25) is 0 Å². The van der Waals surface area contributed by atoms with Gasteiger partial charge in [0.25, 0.3) is 0 Å². The normalized spacial score (nSPS) is 20.9. The molecule has 1 unspecified atom stereocenters. The highest BCUT2D eigenvalue weighted by atomic mass is 19.1. The molecule has 0 radical (unpaired) electrons. The third-order valence-electron chi connectivity index (χ3n) is 3.93. The molecule has 21 heavy (non-hydrogen) atoms. The molecule has 1 aliphatic rings. The van der Waals surface area contributed by atoms with E-state index in [-0.39, 0.29) is 5.82 Å². The fourth-order valence-corrected chi connectivity index (χ4v) is 2.86. The van der Waals surface area contributed by atoms with Gasteiger partial charge in [-0.1, -0.05) is 13.8 Å². The van der Waals surface area contributed by atoms with Crippen LogP contribution < -0.4 is 10.2 Å². The number of likely N-dealkylation sites (N-methyl/N-ethyl adjacent to an activating group) is 1. The van der Waals surface area contributed by atoms with Crippen molar-refractivity contribution in [2.45, 2.75) is 45.8 Å². The van der Waals surface area contributed by atoms with E-state index in [4.69, 9.17) is 0 Å². The lowest BCUT2D eigenvalue weighted by Crippen LogP contribution is -2.39. The van der Waals surface area contributed by atoms with Crippen LogP contribution in [0.2, 0.25) is 0 Å². The van der Waals surface area contributed by atoms with Gasteiger partial charge in [0.2, 0.25) is 0 Å². The first kappa shape index (κ1) is 16.2. The molecular formula is C16H27FN4. The number of rotatable bonds is 4. The van der Waals surface area contributed by atoms with E-state index < -0.39 is 0 Å². The summed E-state index contributed by atoms with van der Waals surface area (Å²) in [5, 5.41) is 3.36. The lowest BCUT2D eigenvalue weighted by atomic mass is 10.2. The van der Waals surface area contributed by atoms with Crippen LogP contribution in [-0.4, -0.2) is 48.6 Å². The first-order valence-corrected chi connectivity index (χ1v) is 7.80. The van der Waals surface area contributed by atoms with Crippen LogP contribution in [0.1, 0.15) is 32.8 Å². The Labute approximate surface area is 127 Å². The summed E-state index contributed by atoms with van der Waals surface area (Å²) < 4.78 is 13.6. The maximum Gasteiger partial charge on any atom is 0.141 e. The molecule has 2 rings (SSSR count). The van der Waals surface area contributed by atoms with Gasteiger partial charge in [-0.2, -0.15) is 0 Å². The summed E-state index contributed by atoms with van der Waals surface area (Å²) in [5.74, 6) is 0.659. The molecule has 0 aromatic carbocycles. The van der Waals surface area contributed by atoms with Crippen LogP contribution in [0.5, 0.6) is 0 Å². The average Bonchev–Trinajstić information content (AvgIpc) is 2.57. The number of pyridine rings is 1. The number of nitrogens with zero attached hydrogens (tertiary/aromatic N) is 3. The van der Waals surface area contributed by atoms with E-state index in [0.717, 1.165) is 37.4 Å². The summed E-state index contributed by atoms with van der Waals surface area (Å²) in [5.41, 5.74) is 0.945. The van der Waals surface area contributed by atoms with Gasteiger partial charge in [0.1, 0.15) is 11.6 Å². The van der Waals surface area contributed by atoms with Crippen LogP contribution in [0.4, 0.5) is 10.2 Å². The third kappa shape index (κ3) is 4.38. The molecule has 0 saturated carbocycles. The van der Waals surface area contributed by atoms with E-state index in [2.05, 4.69) is 47.9 Å². The maximum absolute atomic E-state index is 13.6. The topological polar surface area (TPSA) is 31.4 Å². The second kappa shape index (κ2) is 7.18. The van der Waals surface area contributed by atoms with Crippen molar-refractivity contribution in [3.05, 3.63) is 23.6 Å². The van der Waals surface area contributed by atoms with Gasteiger partial charge in [0.05, 0.1) is 6.20 Å². The van der Waals surface area contributed by atoms with Crippen LogP contribution in [0.3, 0.4) is 0 Å². The van der Waals surface area contributed by atoms with Crippen molar-refractivity contribution in [2.75, 3.05) is 31.6 Å². The Balaban J connectivity index is 2.24. The van der Waals surface area contributed by atoms with Crippen LogP contribution in [0.25, 0.3) is 0 Å². The lowest BCUT2D eigenvalue weighted by Gasteiger charge is -2.31. The van der Waals surface area contributed by atoms with Crippen molar-refractivity contribution in [3.63, 3.8) is 0 Å². The maximum atomic E-state index is 13.6. The van der Waals surface area contributed by atoms with Crippen molar-refractivity contribution in [3.8, 4) is 0 Å². The Bertz CT molecular complexity index is 464.